The SMILES string of the molecule is C[C@H](N)[C@@H](Cc1ccc(Cl)cc1)c1cn(C)c2ccccc12. The molecule has 0 fully saturated rings. The van der Waals surface area contributed by atoms with E-state index in [1.54, 1.807) is 0 Å². The van der Waals surface area contributed by atoms with E-state index in [9.17, 15) is 0 Å². The molecule has 3 rings (SSSR count). The quantitative estimate of drug-likeness (QED) is 0.755. The topological polar surface area (TPSA) is 30.9 Å². The smallest absolute Gasteiger partial charge is 0.0480 e. The number of benzene rings is 2. The van der Waals surface area contributed by atoms with Crippen LogP contribution in [0.1, 0.15) is 24.0 Å². The minimum Gasteiger partial charge on any atom is -0.350 e. The van der Waals surface area contributed by atoms with Gasteiger partial charge in [0.25, 0.3) is 0 Å². The number of rotatable bonds is 4. The number of nitrogens with zero attached hydrogens (tertiary/aromatic N) is 1. The van der Waals surface area contributed by atoms with Crippen molar-refractivity contribution >= 4 is 22.5 Å². The van der Waals surface area contributed by atoms with Crippen molar-refractivity contribution in [3.05, 3.63) is 70.9 Å². The number of nitrogens with two attached hydrogens (primary N) is 1. The molecule has 0 amide bonds. The fraction of sp³-hybridized carbons (Fsp3) is 0.263. The third-order valence-corrected chi connectivity index (χ3v) is 4.58. The van der Waals surface area contributed by atoms with Gasteiger partial charge in [-0.15, -0.1) is 0 Å². The van der Waals surface area contributed by atoms with Crippen LogP contribution in [0.25, 0.3) is 10.9 Å². The van der Waals surface area contributed by atoms with Gasteiger partial charge >= 0.3 is 0 Å². The molecular formula is C19H21ClN2. The Morgan fingerprint density at radius 1 is 1.09 bits per heavy atom. The number of aromatic nitrogens is 1. The second-order valence-electron chi connectivity index (χ2n) is 6.01. The third-order valence-electron chi connectivity index (χ3n) is 4.33. The molecule has 0 radical (unpaired) electrons. The summed E-state index contributed by atoms with van der Waals surface area (Å²) >= 11 is 5.98. The fourth-order valence-electron chi connectivity index (χ4n) is 3.12. The van der Waals surface area contributed by atoms with Crippen LogP contribution in [0.4, 0.5) is 0 Å². The highest BCUT2D eigenvalue weighted by molar-refractivity contribution is 6.30. The highest BCUT2D eigenvalue weighted by atomic mass is 35.5. The maximum atomic E-state index is 6.31. The first-order valence-corrected chi connectivity index (χ1v) is 7.98. The molecule has 3 heteroatoms. The summed E-state index contributed by atoms with van der Waals surface area (Å²) in [5, 5.41) is 2.06. The number of hydrogen-bond donors (Lipinski definition) is 1. The third kappa shape index (κ3) is 2.90. The largest absolute Gasteiger partial charge is 0.350 e. The lowest BCUT2D eigenvalue weighted by Gasteiger charge is -2.21. The van der Waals surface area contributed by atoms with E-state index in [2.05, 4.69) is 61.1 Å². The van der Waals surface area contributed by atoms with Gasteiger partial charge in [-0.1, -0.05) is 41.9 Å². The molecule has 0 aliphatic carbocycles. The predicted molar refractivity (Wildman–Crippen MR) is 94.5 cm³/mol. The first-order valence-electron chi connectivity index (χ1n) is 7.60. The van der Waals surface area contributed by atoms with Gasteiger partial charge in [-0.2, -0.15) is 0 Å². The number of para-hydroxylation sites is 1. The Balaban J connectivity index is 2.01. The van der Waals surface area contributed by atoms with Crippen LogP contribution in [0.3, 0.4) is 0 Å². The fourth-order valence-corrected chi connectivity index (χ4v) is 3.25. The number of aryl methyl sites for hydroxylation is 1. The lowest BCUT2D eigenvalue weighted by atomic mass is 9.87. The zero-order chi connectivity index (χ0) is 15.7. The number of hydrogen-bond acceptors (Lipinski definition) is 1. The standard InChI is InChI=1S/C19H21ClN2/c1-13(21)17(11-14-7-9-15(20)10-8-14)18-12-22(2)19-6-4-3-5-16(18)19/h3-10,12-13,17H,11,21H2,1-2H3/t13-,17+/m0/s1. The van der Waals surface area contributed by atoms with Gasteiger partial charge in [0.15, 0.2) is 0 Å². The molecule has 22 heavy (non-hydrogen) atoms. The summed E-state index contributed by atoms with van der Waals surface area (Å²) in [6.45, 7) is 2.09. The van der Waals surface area contributed by atoms with Crippen LogP contribution in [-0.2, 0) is 13.5 Å². The molecule has 0 aliphatic heterocycles. The summed E-state index contributed by atoms with van der Waals surface area (Å²) in [7, 11) is 2.09. The monoisotopic (exact) mass is 312 g/mol. The van der Waals surface area contributed by atoms with Gasteiger partial charge < -0.3 is 10.3 Å². The van der Waals surface area contributed by atoms with Gasteiger partial charge in [0.1, 0.15) is 0 Å². The maximum absolute atomic E-state index is 6.31. The Morgan fingerprint density at radius 3 is 2.45 bits per heavy atom. The normalized spacial score (nSPS) is 14.2. The molecule has 0 saturated carbocycles. The van der Waals surface area contributed by atoms with Crippen molar-refractivity contribution in [3.8, 4) is 0 Å². The summed E-state index contributed by atoms with van der Waals surface area (Å²) < 4.78 is 2.18. The number of halogens is 1. The predicted octanol–water partition coefficient (Wildman–Crippen LogP) is 4.51. The van der Waals surface area contributed by atoms with Crippen molar-refractivity contribution in [1.29, 1.82) is 0 Å². The minimum absolute atomic E-state index is 0.0847. The van der Waals surface area contributed by atoms with Crippen LogP contribution in [0.2, 0.25) is 5.02 Å². The molecule has 2 nitrogen and oxygen atoms in total. The average Bonchev–Trinajstić information content (AvgIpc) is 2.84. The lowest BCUT2D eigenvalue weighted by molar-refractivity contribution is 0.567. The molecular weight excluding hydrogens is 292 g/mol. The van der Waals surface area contributed by atoms with Gasteiger partial charge in [-0.05, 0) is 42.7 Å². The second kappa shape index (κ2) is 6.15. The van der Waals surface area contributed by atoms with Gasteiger partial charge in [0.05, 0.1) is 0 Å². The molecule has 1 heterocycles. The summed E-state index contributed by atoms with van der Waals surface area (Å²) in [5.74, 6) is 0.285. The highest BCUT2D eigenvalue weighted by Crippen LogP contribution is 2.31. The Hall–Kier alpha value is -1.77. The van der Waals surface area contributed by atoms with Crippen LogP contribution >= 0.6 is 11.6 Å². The highest BCUT2D eigenvalue weighted by Gasteiger charge is 2.21. The van der Waals surface area contributed by atoms with E-state index in [4.69, 9.17) is 17.3 Å². The molecule has 0 spiro atoms. The summed E-state index contributed by atoms with van der Waals surface area (Å²) in [6.07, 6.45) is 3.14. The zero-order valence-corrected chi connectivity index (χ0v) is 13.7. The van der Waals surface area contributed by atoms with Crippen LogP contribution < -0.4 is 5.73 Å². The lowest BCUT2D eigenvalue weighted by Crippen LogP contribution is -2.26. The Morgan fingerprint density at radius 2 is 1.77 bits per heavy atom. The van der Waals surface area contributed by atoms with Gasteiger partial charge in [0.2, 0.25) is 0 Å². The van der Waals surface area contributed by atoms with Gasteiger partial charge in [-0.3, -0.25) is 0 Å². The average molecular weight is 313 g/mol. The van der Waals surface area contributed by atoms with Crippen molar-refractivity contribution in [3.63, 3.8) is 0 Å². The zero-order valence-electron chi connectivity index (χ0n) is 13.0. The van der Waals surface area contributed by atoms with Gasteiger partial charge in [-0.25, -0.2) is 0 Å². The van der Waals surface area contributed by atoms with E-state index in [1.165, 1.54) is 22.0 Å². The van der Waals surface area contributed by atoms with Crippen molar-refractivity contribution in [2.75, 3.05) is 0 Å². The van der Waals surface area contributed by atoms with E-state index in [0.717, 1.165) is 11.4 Å². The second-order valence-corrected chi connectivity index (χ2v) is 6.45. The van der Waals surface area contributed by atoms with Crippen LogP contribution in [-0.4, -0.2) is 10.6 Å². The molecule has 114 valence electrons. The molecule has 2 atom stereocenters. The van der Waals surface area contributed by atoms with E-state index in [1.807, 2.05) is 12.1 Å². The van der Waals surface area contributed by atoms with Crippen LogP contribution in [0.5, 0.6) is 0 Å². The first kappa shape index (κ1) is 15.1. The van der Waals surface area contributed by atoms with E-state index < -0.39 is 0 Å². The number of fused-ring (bicyclic) bond motifs is 1. The van der Waals surface area contributed by atoms with Crippen molar-refractivity contribution in [2.24, 2.45) is 12.8 Å². The molecule has 2 N–H and O–H groups in total. The Bertz CT molecular complexity index is 772. The molecule has 1 aromatic heterocycles. The minimum atomic E-state index is 0.0847. The van der Waals surface area contributed by atoms with Crippen molar-refractivity contribution in [2.45, 2.75) is 25.3 Å². The van der Waals surface area contributed by atoms with E-state index in [-0.39, 0.29) is 12.0 Å². The molecule has 0 aliphatic rings. The van der Waals surface area contributed by atoms with Crippen LogP contribution in [0.15, 0.2) is 54.7 Å². The van der Waals surface area contributed by atoms with E-state index in [0.29, 0.717) is 0 Å². The first-order chi connectivity index (χ1) is 10.6. The summed E-state index contributed by atoms with van der Waals surface area (Å²) in [6, 6.07) is 16.6. The molecule has 3 aromatic rings. The molecule has 0 unspecified atom stereocenters. The maximum Gasteiger partial charge on any atom is 0.0480 e. The Kier molecular flexibility index (Phi) is 4.23. The molecule has 0 saturated heterocycles. The molecule has 2 aromatic carbocycles. The Labute approximate surface area is 136 Å². The summed E-state index contributed by atoms with van der Waals surface area (Å²) in [5.41, 5.74) is 10.1. The van der Waals surface area contributed by atoms with Crippen molar-refractivity contribution in [1.82, 2.24) is 4.57 Å². The van der Waals surface area contributed by atoms with E-state index >= 15 is 0 Å². The van der Waals surface area contributed by atoms with Crippen LogP contribution in [0, 0.1) is 0 Å². The molecule has 0 bridgehead atoms. The van der Waals surface area contributed by atoms with Gasteiger partial charge in [0, 0.05) is 41.1 Å². The summed E-state index contributed by atoms with van der Waals surface area (Å²) in [4.78, 5) is 0. The van der Waals surface area contributed by atoms with Crippen molar-refractivity contribution < 1.29 is 0 Å².